The molecule has 0 aliphatic rings. The molecule has 0 spiro atoms. The normalized spacial score (nSPS) is 11.2. The Kier molecular flexibility index (Phi) is 9.26. The van der Waals surface area contributed by atoms with E-state index in [0.29, 0.717) is 43.7 Å². The number of nitrogens with zero attached hydrogens (tertiary/aromatic N) is 5. The van der Waals surface area contributed by atoms with Crippen LogP contribution < -0.4 is 0 Å². The van der Waals surface area contributed by atoms with E-state index in [1.54, 1.807) is 34.2 Å². The molecule has 0 unspecified atom stereocenters. The zero-order valence-electron chi connectivity index (χ0n) is 22.8. The molecule has 3 aromatic carbocycles. The van der Waals surface area contributed by atoms with Gasteiger partial charge in [0.15, 0.2) is 11.6 Å². The molecule has 0 aliphatic carbocycles. The molecule has 0 amide bonds. The third-order valence-electron chi connectivity index (χ3n) is 6.86. The lowest BCUT2D eigenvalue weighted by molar-refractivity contribution is 0.0907. The Morgan fingerprint density at radius 1 is 0.659 bits per heavy atom. The molecule has 41 heavy (non-hydrogen) atoms. The summed E-state index contributed by atoms with van der Waals surface area (Å²) in [7, 11) is 0. The van der Waals surface area contributed by atoms with Gasteiger partial charge in [0.1, 0.15) is 0 Å². The fourth-order valence-corrected chi connectivity index (χ4v) is 4.69. The van der Waals surface area contributed by atoms with Gasteiger partial charge < -0.3 is 5.11 Å². The molecule has 8 heteroatoms. The van der Waals surface area contributed by atoms with Crippen LogP contribution in [-0.4, -0.2) is 60.8 Å². The molecular formula is C33H33N5O3. The number of aliphatic hydroxyl groups is 1. The molecule has 0 saturated carbocycles. The summed E-state index contributed by atoms with van der Waals surface area (Å²) in [4.78, 5) is 27.7. The van der Waals surface area contributed by atoms with Gasteiger partial charge in [-0.25, -0.2) is 0 Å². The molecule has 0 fully saturated rings. The number of rotatable bonds is 14. The first-order valence-corrected chi connectivity index (χ1v) is 13.7. The highest BCUT2D eigenvalue weighted by atomic mass is 16.3. The van der Waals surface area contributed by atoms with Crippen LogP contribution in [0.1, 0.15) is 43.0 Å². The Balaban J connectivity index is 1.13. The van der Waals surface area contributed by atoms with Crippen molar-refractivity contribution in [1.29, 1.82) is 0 Å². The highest BCUT2D eigenvalue weighted by molar-refractivity contribution is 5.97. The minimum Gasteiger partial charge on any atom is -0.395 e. The molecule has 5 rings (SSSR count). The van der Waals surface area contributed by atoms with Crippen LogP contribution in [0.3, 0.4) is 0 Å². The SMILES string of the molecule is O=C(Cc1ccc(Cn2cc(C(=O)CN(CCO)Cc3ccccc3)cn2)cc1)c1cnn(Cc2ccccc2)c1. The van der Waals surface area contributed by atoms with Gasteiger partial charge in [-0.1, -0.05) is 84.9 Å². The second-order valence-electron chi connectivity index (χ2n) is 10.1. The molecule has 0 atom stereocenters. The third kappa shape index (κ3) is 7.94. The Bertz CT molecular complexity index is 1560. The third-order valence-corrected chi connectivity index (χ3v) is 6.86. The first-order valence-electron chi connectivity index (χ1n) is 13.7. The first kappa shape index (κ1) is 27.9. The van der Waals surface area contributed by atoms with E-state index in [1.165, 1.54) is 0 Å². The van der Waals surface area contributed by atoms with E-state index in [9.17, 15) is 14.7 Å². The van der Waals surface area contributed by atoms with Crippen molar-refractivity contribution in [2.75, 3.05) is 19.7 Å². The topological polar surface area (TPSA) is 93.2 Å². The van der Waals surface area contributed by atoms with Crippen LogP contribution in [0.15, 0.2) is 110 Å². The Hall–Kier alpha value is -4.66. The summed E-state index contributed by atoms with van der Waals surface area (Å²) in [5.74, 6) is -0.0172. The first-order chi connectivity index (χ1) is 20.1. The maximum Gasteiger partial charge on any atom is 0.179 e. The van der Waals surface area contributed by atoms with E-state index < -0.39 is 0 Å². The number of carbonyl (C=O) groups excluding carboxylic acids is 2. The molecule has 2 aromatic heterocycles. The molecule has 0 radical (unpaired) electrons. The van der Waals surface area contributed by atoms with Crippen LogP contribution in [-0.2, 0) is 26.1 Å². The highest BCUT2D eigenvalue weighted by Gasteiger charge is 2.15. The second-order valence-corrected chi connectivity index (χ2v) is 10.1. The summed E-state index contributed by atoms with van der Waals surface area (Å²) in [6, 6.07) is 27.8. The zero-order chi connectivity index (χ0) is 28.4. The predicted octanol–water partition coefficient (Wildman–Crippen LogP) is 4.28. The van der Waals surface area contributed by atoms with Crippen molar-refractivity contribution >= 4 is 11.6 Å². The van der Waals surface area contributed by atoms with E-state index in [1.807, 2.05) is 89.8 Å². The standard InChI is InChI=1S/C33H33N5O3/c39-16-15-36(20-27-7-3-1-4-8-27)25-33(41)31-19-35-38(24-31)22-29-13-11-26(12-14-29)17-32(40)30-18-34-37(23-30)21-28-9-5-2-6-10-28/h1-14,18-19,23-24,39H,15-17,20-22,25H2. The van der Waals surface area contributed by atoms with Crippen molar-refractivity contribution in [1.82, 2.24) is 24.5 Å². The maximum atomic E-state index is 12.9. The number of hydrogen-bond acceptors (Lipinski definition) is 6. The second kappa shape index (κ2) is 13.6. The molecule has 5 aromatic rings. The van der Waals surface area contributed by atoms with E-state index in [2.05, 4.69) is 10.2 Å². The van der Waals surface area contributed by atoms with Crippen molar-refractivity contribution in [2.45, 2.75) is 26.1 Å². The van der Waals surface area contributed by atoms with Gasteiger partial charge in [-0.15, -0.1) is 0 Å². The maximum absolute atomic E-state index is 12.9. The van der Waals surface area contributed by atoms with Gasteiger partial charge in [-0.05, 0) is 22.3 Å². The Morgan fingerprint density at radius 2 is 1.17 bits per heavy atom. The van der Waals surface area contributed by atoms with Gasteiger partial charge >= 0.3 is 0 Å². The Morgan fingerprint density at radius 3 is 1.76 bits per heavy atom. The van der Waals surface area contributed by atoms with Gasteiger partial charge in [-0.2, -0.15) is 10.2 Å². The average Bonchev–Trinajstić information content (AvgIpc) is 3.65. The van der Waals surface area contributed by atoms with Crippen molar-refractivity contribution < 1.29 is 14.7 Å². The molecule has 0 saturated heterocycles. The number of aromatic nitrogens is 4. The number of Topliss-reactive ketones (excluding diaryl/α,β-unsaturated/α-hetero) is 2. The van der Waals surface area contributed by atoms with E-state index in [-0.39, 0.29) is 24.7 Å². The van der Waals surface area contributed by atoms with Crippen LogP contribution in [0.25, 0.3) is 0 Å². The summed E-state index contributed by atoms with van der Waals surface area (Å²) in [5, 5.41) is 18.2. The number of ketones is 2. The molecule has 8 nitrogen and oxygen atoms in total. The summed E-state index contributed by atoms with van der Waals surface area (Å²) in [5.41, 5.74) is 5.30. The van der Waals surface area contributed by atoms with Crippen LogP contribution >= 0.6 is 0 Å². The number of aliphatic hydroxyl groups excluding tert-OH is 1. The van der Waals surface area contributed by atoms with Gasteiger partial charge in [0.2, 0.25) is 0 Å². The van der Waals surface area contributed by atoms with Crippen LogP contribution in [0, 0.1) is 0 Å². The molecule has 208 valence electrons. The average molecular weight is 548 g/mol. The number of hydrogen-bond donors (Lipinski definition) is 1. The minimum atomic E-state index is -0.0402. The lowest BCUT2D eigenvalue weighted by Gasteiger charge is -2.20. The van der Waals surface area contributed by atoms with Crippen LogP contribution in [0.4, 0.5) is 0 Å². The monoisotopic (exact) mass is 547 g/mol. The van der Waals surface area contributed by atoms with Gasteiger partial charge in [0, 0.05) is 31.9 Å². The van der Waals surface area contributed by atoms with E-state index in [4.69, 9.17) is 0 Å². The smallest absolute Gasteiger partial charge is 0.179 e. The van der Waals surface area contributed by atoms with Crippen molar-refractivity contribution in [3.63, 3.8) is 0 Å². The van der Waals surface area contributed by atoms with E-state index >= 15 is 0 Å². The van der Waals surface area contributed by atoms with Crippen molar-refractivity contribution in [3.05, 3.63) is 143 Å². The summed E-state index contributed by atoms with van der Waals surface area (Å²) in [6.45, 7) is 2.33. The fraction of sp³-hybridized carbons (Fsp3) is 0.212. The predicted molar refractivity (Wildman–Crippen MR) is 157 cm³/mol. The van der Waals surface area contributed by atoms with Gasteiger partial charge in [0.25, 0.3) is 0 Å². The molecule has 0 aliphatic heterocycles. The largest absolute Gasteiger partial charge is 0.395 e. The summed E-state index contributed by atoms with van der Waals surface area (Å²) in [6.07, 6.45) is 7.07. The van der Waals surface area contributed by atoms with Crippen molar-refractivity contribution in [2.24, 2.45) is 0 Å². The van der Waals surface area contributed by atoms with Gasteiger partial charge in [-0.3, -0.25) is 23.9 Å². The lowest BCUT2D eigenvalue weighted by Crippen LogP contribution is -2.32. The number of benzene rings is 3. The number of carbonyl (C=O) groups is 2. The summed E-state index contributed by atoms with van der Waals surface area (Å²) >= 11 is 0. The summed E-state index contributed by atoms with van der Waals surface area (Å²) < 4.78 is 3.52. The molecular weight excluding hydrogens is 514 g/mol. The minimum absolute atomic E-state index is 0.0150. The van der Waals surface area contributed by atoms with Gasteiger partial charge in [0.05, 0.1) is 49.8 Å². The van der Waals surface area contributed by atoms with Crippen LogP contribution in [0.5, 0.6) is 0 Å². The molecule has 1 N–H and O–H groups in total. The molecule has 2 heterocycles. The quantitative estimate of drug-likeness (QED) is 0.209. The lowest BCUT2D eigenvalue weighted by atomic mass is 10.0. The molecule has 0 bridgehead atoms. The Labute approximate surface area is 239 Å². The zero-order valence-corrected chi connectivity index (χ0v) is 22.8. The van der Waals surface area contributed by atoms with Crippen molar-refractivity contribution in [3.8, 4) is 0 Å². The van der Waals surface area contributed by atoms with Crippen LogP contribution in [0.2, 0.25) is 0 Å². The van der Waals surface area contributed by atoms with E-state index in [0.717, 1.165) is 22.3 Å². The highest BCUT2D eigenvalue weighted by Crippen LogP contribution is 2.13. The fourth-order valence-electron chi connectivity index (χ4n) is 4.69.